The average molecular weight is 231 g/mol. The summed E-state index contributed by atoms with van der Waals surface area (Å²) in [5, 5.41) is 0. The van der Waals surface area contributed by atoms with Crippen LogP contribution in [0, 0.1) is 5.92 Å². The van der Waals surface area contributed by atoms with Crippen molar-refractivity contribution in [1.29, 1.82) is 0 Å². The molecule has 1 aliphatic heterocycles. The van der Waals surface area contributed by atoms with Gasteiger partial charge in [-0.25, -0.2) is 4.98 Å². The Bertz CT molecular complexity index is 528. The normalized spacial score (nSPS) is 16.6. The highest BCUT2D eigenvalue weighted by molar-refractivity contribution is 5.71. The molecule has 1 aliphatic rings. The van der Waals surface area contributed by atoms with Gasteiger partial charge in [0, 0.05) is 24.9 Å². The molecule has 4 heteroatoms. The van der Waals surface area contributed by atoms with Crippen LogP contribution in [0.15, 0.2) is 18.5 Å². The van der Waals surface area contributed by atoms with Gasteiger partial charge in [-0.15, -0.1) is 0 Å². The summed E-state index contributed by atoms with van der Waals surface area (Å²) in [7, 11) is 0. The first-order valence-corrected chi connectivity index (χ1v) is 6.13. The predicted octanol–water partition coefficient (Wildman–Crippen LogP) is 2.20. The third kappa shape index (κ3) is 1.93. The first-order chi connectivity index (χ1) is 8.24. The van der Waals surface area contributed by atoms with Gasteiger partial charge >= 0.3 is 0 Å². The highest BCUT2D eigenvalue weighted by atomic mass is 16.5. The second-order valence-electron chi connectivity index (χ2n) is 5.03. The van der Waals surface area contributed by atoms with E-state index >= 15 is 0 Å². The monoisotopic (exact) mass is 231 g/mol. The Morgan fingerprint density at radius 2 is 2.29 bits per heavy atom. The Morgan fingerprint density at radius 1 is 1.47 bits per heavy atom. The van der Waals surface area contributed by atoms with Crippen molar-refractivity contribution < 1.29 is 4.74 Å². The molecule has 0 spiro atoms. The lowest BCUT2D eigenvalue weighted by Crippen LogP contribution is -2.31. The van der Waals surface area contributed by atoms with Crippen LogP contribution in [0.1, 0.15) is 25.5 Å². The Labute approximate surface area is 101 Å². The van der Waals surface area contributed by atoms with Gasteiger partial charge in [-0.3, -0.25) is 4.98 Å². The Hall–Kier alpha value is -1.42. The van der Waals surface area contributed by atoms with Crippen LogP contribution in [0.4, 0.5) is 0 Å². The molecule has 17 heavy (non-hydrogen) atoms. The van der Waals surface area contributed by atoms with Crippen molar-refractivity contribution >= 4 is 11.2 Å². The maximum Gasteiger partial charge on any atom is 0.158 e. The molecule has 3 heterocycles. The summed E-state index contributed by atoms with van der Waals surface area (Å²) in [5.74, 6) is 1.05. The van der Waals surface area contributed by atoms with E-state index in [0.29, 0.717) is 11.8 Å². The molecular formula is C13H17N3O. The molecule has 2 aromatic heterocycles. The van der Waals surface area contributed by atoms with Gasteiger partial charge < -0.3 is 9.30 Å². The molecule has 4 nitrogen and oxygen atoms in total. The molecule has 1 fully saturated rings. The molecule has 0 atom stereocenters. The van der Waals surface area contributed by atoms with E-state index in [0.717, 1.165) is 36.6 Å². The molecule has 0 amide bonds. The summed E-state index contributed by atoms with van der Waals surface area (Å²) in [6, 6.07) is 2.03. The van der Waals surface area contributed by atoms with E-state index in [2.05, 4.69) is 29.6 Å². The minimum Gasteiger partial charge on any atom is -0.381 e. The van der Waals surface area contributed by atoms with Crippen molar-refractivity contribution in [1.82, 2.24) is 14.5 Å². The Kier molecular flexibility index (Phi) is 2.59. The number of rotatable bonds is 3. The van der Waals surface area contributed by atoms with Gasteiger partial charge in [0.2, 0.25) is 0 Å². The highest BCUT2D eigenvalue weighted by Crippen LogP contribution is 2.19. The van der Waals surface area contributed by atoms with Gasteiger partial charge in [0.05, 0.1) is 18.9 Å². The molecule has 2 aromatic rings. The summed E-state index contributed by atoms with van der Waals surface area (Å²) in [6.07, 6.45) is 3.96. The number of hydrogen-bond acceptors (Lipinski definition) is 3. The van der Waals surface area contributed by atoms with E-state index in [9.17, 15) is 0 Å². The lowest BCUT2D eigenvalue weighted by molar-refractivity contribution is -0.0389. The van der Waals surface area contributed by atoms with Crippen LogP contribution in [-0.2, 0) is 11.3 Å². The second-order valence-corrected chi connectivity index (χ2v) is 5.03. The molecule has 3 rings (SSSR count). The highest BCUT2D eigenvalue weighted by Gasteiger charge is 2.20. The molecule has 0 aliphatic carbocycles. The average Bonchev–Trinajstić information content (AvgIpc) is 2.65. The molecule has 0 aromatic carbocycles. The zero-order valence-corrected chi connectivity index (χ0v) is 10.3. The van der Waals surface area contributed by atoms with Gasteiger partial charge in [-0.2, -0.15) is 0 Å². The summed E-state index contributed by atoms with van der Waals surface area (Å²) >= 11 is 0. The van der Waals surface area contributed by atoms with Gasteiger partial charge in [0.15, 0.2) is 5.65 Å². The Morgan fingerprint density at radius 3 is 2.94 bits per heavy atom. The van der Waals surface area contributed by atoms with E-state index in [1.54, 1.807) is 0 Å². The largest absolute Gasteiger partial charge is 0.381 e. The van der Waals surface area contributed by atoms with Crippen LogP contribution in [0.25, 0.3) is 11.2 Å². The molecule has 0 saturated carbocycles. The van der Waals surface area contributed by atoms with Gasteiger partial charge in [-0.05, 0) is 12.0 Å². The number of fused-ring (bicyclic) bond motifs is 1. The van der Waals surface area contributed by atoms with E-state index in [1.807, 2.05) is 12.3 Å². The third-order valence-electron chi connectivity index (χ3n) is 3.24. The summed E-state index contributed by atoms with van der Waals surface area (Å²) in [4.78, 5) is 9.17. The number of ether oxygens (including phenoxy) is 1. The van der Waals surface area contributed by atoms with Crippen LogP contribution >= 0.6 is 0 Å². The fourth-order valence-electron chi connectivity index (χ4n) is 2.06. The lowest BCUT2D eigenvalue weighted by Gasteiger charge is -2.26. The zero-order valence-electron chi connectivity index (χ0n) is 10.3. The van der Waals surface area contributed by atoms with Gasteiger partial charge in [0.25, 0.3) is 0 Å². The predicted molar refractivity (Wildman–Crippen MR) is 65.9 cm³/mol. The quantitative estimate of drug-likeness (QED) is 0.813. The van der Waals surface area contributed by atoms with Crippen LogP contribution < -0.4 is 0 Å². The van der Waals surface area contributed by atoms with Gasteiger partial charge in [-0.1, -0.05) is 13.8 Å². The summed E-state index contributed by atoms with van der Waals surface area (Å²) < 4.78 is 7.40. The van der Waals surface area contributed by atoms with Crippen molar-refractivity contribution in [3.05, 3.63) is 24.2 Å². The summed E-state index contributed by atoms with van der Waals surface area (Å²) in [5.41, 5.74) is 3.04. The fraction of sp³-hybridized carbons (Fsp3) is 0.538. The zero-order chi connectivity index (χ0) is 11.8. The van der Waals surface area contributed by atoms with E-state index in [1.165, 1.54) is 0 Å². The van der Waals surface area contributed by atoms with Crippen LogP contribution in [-0.4, -0.2) is 27.7 Å². The lowest BCUT2D eigenvalue weighted by atomic mass is 10.1. The van der Waals surface area contributed by atoms with E-state index in [-0.39, 0.29) is 0 Å². The minimum absolute atomic E-state index is 0.419. The number of hydrogen-bond donors (Lipinski definition) is 0. The van der Waals surface area contributed by atoms with Crippen LogP contribution in [0.2, 0.25) is 0 Å². The van der Waals surface area contributed by atoms with Crippen molar-refractivity contribution in [2.45, 2.75) is 26.3 Å². The summed E-state index contributed by atoms with van der Waals surface area (Å²) in [6.45, 7) is 7.01. The maximum absolute atomic E-state index is 5.21. The topological polar surface area (TPSA) is 39.9 Å². The first kappa shape index (κ1) is 10.7. The molecule has 90 valence electrons. The number of aromatic nitrogens is 3. The van der Waals surface area contributed by atoms with Crippen LogP contribution in [0.5, 0.6) is 0 Å². The fourth-order valence-corrected chi connectivity index (χ4v) is 2.06. The minimum atomic E-state index is 0.419. The molecule has 1 saturated heterocycles. The standard InChI is InChI=1S/C13H17N3O/c1-9(2)12-5-14-11-3-4-16(13(11)15-12)6-10-7-17-8-10/h3-5,9-10H,6-8H2,1-2H3. The number of nitrogens with zero attached hydrogens (tertiary/aromatic N) is 3. The van der Waals surface area contributed by atoms with Crippen molar-refractivity contribution in [3.8, 4) is 0 Å². The van der Waals surface area contributed by atoms with Crippen molar-refractivity contribution in [2.24, 2.45) is 5.92 Å². The molecule has 0 bridgehead atoms. The third-order valence-corrected chi connectivity index (χ3v) is 3.24. The van der Waals surface area contributed by atoms with E-state index < -0.39 is 0 Å². The van der Waals surface area contributed by atoms with E-state index in [4.69, 9.17) is 9.72 Å². The molecule has 0 N–H and O–H groups in total. The molecule has 0 radical (unpaired) electrons. The maximum atomic E-state index is 5.21. The smallest absolute Gasteiger partial charge is 0.158 e. The van der Waals surface area contributed by atoms with Crippen molar-refractivity contribution in [3.63, 3.8) is 0 Å². The van der Waals surface area contributed by atoms with Crippen molar-refractivity contribution in [2.75, 3.05) is 13.2 Å². The first-order valence-electron chi connectivity index (χ1n) is 6.13. The second kappa shape index (κ2) is 4.11. The van der Waals surface area contributed by atoms with Crippen LogP contribution in [0.3, 0.4) is 0 Å². The molecular weight excluding hydrogens is 214 g/mol. The van der Waals surface area contributed by atoms with Gasteiger partial charge in [0.1, 0.15) is 5.52 Å². The Balaban J connectivity index is 1.96. The molecule has 0 unspecified atom stereocenters. The SMILES string of the molecule is CC(C)c1cnc2ccn(CC3COC3)c2n1.